The molecule has 0 saturated carbocycles. The summed E-state index contributed by atoms with van der Waals surface area (Å²) < 4.78 is 39.6. The number of nitrogens with zero attached hydrogens (tertiary/aromatic N) is 2. The number of hydrogen-bond acceptors (Lipinski definition) is 2. The Morgan fingerprint density at radius 1 is 1.14 bits per heavy atom. The van der Waals surface area contributed by atoms with Crippen LogP contribution < -0.4 is 0 Å². The van der Waals surface area contributed by atoms with Gasteiger partial charge in [-0.3, -0.25) is 9.59 Å². The summed E-state index contributed by atoms with van der Waals surface area (Å²) in [6.07, 6.45) is 0. The van der Waals surface area contributed by atoms with Crippen molar-refractivity contribution < 1.29 is 22.8 Å². The molecule has 2 amide bonds. The number of piperazine rings is 1. The summed E-state index contributed by atoms with van der Waals surface area (Å²) in [5.74, 6) is -5.65. The zero-order valence-electron chi connectivity index (χ0n) is 11.7. The van der Waals surface area contributed by atoms with Crippen LogP contribution in [0.15, 0.2) is 12.1 Å². The van der Waals surface area contributed by atoms with Gasteiger partial charge >= 0.3 is 0 Å². The molecule has 4 nitrogen and oxygen atoms in total. The topological polar surface area (TPSA) is 40.6 Å². The number of rotatable bonds is 2. The predicted molar refractivity (Wildman–Crippen MR) is 69.1 cm³/mol. The van der Waals surface area contributed by atoms with Crippen LogP contribution in [0.4, 0.5) is 13.2 Å². The highest BCUT2D eigenvalue weighted by Gasteiger charge is 2.31. The van der Waals surface area contributed by atoms with Crippen LogP contribution in [-0.2, 0) is 4.79 Å². The molecule has 0 atom stereocenters. The van der Waals surface area contributed by atoms with Gasteiger partial charge in [-0.2, -0.15) is 0 Å². The van der Waals surface area contributed by atoms with Crippen LogP contribution in [-0.4, -0.2) is 47.3 Å². The van der Waals surface area contributed by atoms with Crippen molar-refractivity contribution in [2.24, 2.45) is 0 Å². The van der Waals surface area contributed by atoms with Crippen LogP contribution in [0.3, 0.4) is 0 Å². The first-order chi connectivity index (χ1) is 9.82. The molecule has 0 N–H and O–H groups in total. The number of benzene rings is 1. The highest BCUT2D eigenvalue weighted by atomic mass is 19.2. The Morgan fingerprint density at radius 2 is 1.81 bits per heavy atom. The van der Waals surface area contributed by atoms with Gasteiger partial charge in [0, 0.05) is 19.1 Å². The van der Waals surface area contributed by atoms with Crippen LogP contribution in [0, 0.1) is 17.5 Å². The molecule has 0 bridgehead atoms. The van der Waals surface area contributed by atoms with Crippen LogP contribution in [0.1, 0.15) is 24.2 Å². The molecule has 1 heterocycles. The molecule has 1 aromatic carbocycles. The Kier molecular flexibility index (Phi) is 4.20. The third-order valence-electron chi connectivity index (χ3n) is 3.43. The smallest absolute Gasteiger partial charge is 0.257 e. The SMILES string of the molecule is CC(C)N1CCN(C(=O)c2ccc(F)c(F)c2F)CC1=O. The second-order valence-corrected chi connectivity index (χ2v) is 5.13. The van der Waals surface area contributed by atoms with Gasteiger partial charge in [-0.05, 0) is 26.0 Å². The van der Waals surface area contributed by atoms with E-state index in [0.29, 0.717) is 12.6 Å². The van der Waals surface area contributed by atoms with Crippen LogP contribution >= 0.6 is 0 Å². The van der Waals surface area contributed by atoms with Gasteiger partial charge in [-0.25, -0.2) is 13.2 Å². The van der Waals surface area contributed by atoms with Crippen molar-refractivity contribution in [2.45, 2.75) is 19.9 Å². The van der Waals surface area contributed by atoms with Crippen molar-refractivity contribution >= 4 is 11.8 Å². The fraction of sp³-hybridized carbons (Fsp3) is 0.429. The minimum Gasteiger partial charge on any atom is -0.337 e. The van der Waals surface area contributed by atoms with E-state index >= 15 is 0 Å². The van der Waals surface area contributed by atoms with Gasteiger partial charge in [0.25, 0.3) is 5.91 Å². The lowest BCUT2D eigenvalue weighted by atomic mass is 10.1. The molecular weight excluding hydrogens is 285 g/mol. The molecule has 114 valence electrons. The fourth-order valence-electron chi connectivity index (χ4n) is 2.27. The van der Waals surface area contributed by atoms with Crippen LogP contribution in [0.5, 0.6) is 0 Å². The maximum atomic E-state index is 13.6. The van der Waals surface area contributed by atoms with E-state index in [9.17, 15) is 22.8 Å². The summed E-state index contributed by atoms with van der Waals surface area (Å²) in [5.41, 5.74) is -0.570. The highest BCUT2D eigenvalue weighted by Crippen LogP contribution is 2.18. The van der Waals surface area contributed by atoms with Crippen LogP contribution in [0.25, 0.3) is 0 Å². The zero-order valence-corrected chi connectivity index (χ0v) is 11.7. The van der Waals surface area contributed by atoms with E-state index in [2.05, 4.69) is 0 Å². The molecule has 1 aromatic rings. The lowest BCUT2D eigenvalue weighted by Crippen LogP contribution is -2.54. The average Bonchev–Trinajstić information content (AvgIpc) is 2.44. The standard InChI is InChI=1S/C14H15F3N2O2/c1-8(2)19-6-5-18(7-11(19)20)14(21)9-3-4-10(15)13(17)12(9)16/h3-4,8H,5-7H2,1-2H3. The molecule has 1 saturated heterocycles. The molecule has 0 unspecified atom stereocenters. The van der Waals surface area contributed by atoms with E-state index in [-0.39, 0.29) is 25.0 Å². The van der Waals surface area contributed by atoms with E-state index < -0.39 is 28.9 Å². The van der Waals surface area contributed by atoms with Gasteiger partial charge in [-0.1, -0.05) is 0 Å². The normalized spacial score (nSPS) is 15.8. The Labute approximate surface area is 120 Å². The largest absolute Gasteiger partial charge is 0.337 e. The summed E-state index contributed by atoms with van der Waals surface area (Å²) >= 11 is 0. The Bertz CT molecular complexity index is 590. The van der Waals surface area contributed by atoms with Crippen molar-refractivity contribution in [3.8, 4) is 0 Å². The Hall–Kier alpha value is -2.05. The van der Waals surface area contributed by atoms with Gasteiger partial charge in [0.05, 0.1) is 5.56 Å². The molecule has 0 spiro atoms. The first kappa shape index (κ1) is 15.3. The lowest BCUT2D eigenvalue weighted by Gasteiger charge is -2.36. The van der Waals surface area contributed by atoms with E-state index in [1.807, 2.05) is 13.8 Å². The van der Waals surface area contributed by atoms with Crippen molar-refractivity contribution in [1.82, 2.24) is 9.80 Å². The number of amides is 2. The minimum atomic E-state index is -1.69. The fourth-order valence-corrected chi connectivity index (χ4v) is 2.27. The zero-order chi connectivity index (χ0) is 15.7. The quantitative estimate of drug-likeness (QED) is 0.781. The summed E-state index contributed by atoms with van der Waals surface area (Å²) in [7, 11) is 0. The average molecular weight is 300 g/mol. The maximum Gasteiger partial charge on any atom is 0.257 e. The first-order valence-corrected chi connectivity index (χ1v) is 6.55. The summed E-state index contributed by atoms with van der Waals surface area (Å²) in [6, 6.07) is 1.59. The summed E-state index contributed by atoms with van der Waals surface area (Å²) in [5, 5.41) is 0. The second-order valence-electron chi connectivity index (χ2n) is 5.13. The molecule has 0 aromatic heterocycles. The number of carbonyl (C=O) groups excluding carboxylic acids is 2. The first-order valence-electron chi connectivity index (χ1n) is 6.55. The monoisotopic (exact) mass is 300 g/mol. The van der Waals surface area contributed by atoms with Gasteiger partial charge in [-0.15, -0.1) is 0 Å². The molecule has 1 fully saturated rings. The van der Waals surface area contributed by atoms with Gasteiger partial charge < -0.3 is 9.80 Å². The third kappa shape index (κ3) is 2.86. The van der Waals surface area contributed by atoms with E-state index in [1.165, 1.54) is 0 Å². The second kappa shape index (κ2) is 5.75. The van der Waals surface area contributed by atoms with Crippen LogP contribution in [0.2, 0.25) is 0 Å². The minimum absolute atomic E-state index is 0.00903. The van der Waals surface area contributed by atoms with Gasteiger partial charge in [0.2, 0.25) is 5.91 Å². The molecule has 2 rings (SSSR count). The molecule has 1 aliphatic rings. The molecular formula is C14H15F3N2O2. The summed E-state index contributed by atoms with van der Waals surface area (Å²) in [6.45, 7) is 4.05. The maximum absolute atomic E-state index is 13.6. The van der Waals surface area contributed by atoms with E-state index in [1.54, 1.807) is 4.90 Å². The molecule has 0 aliphatic carbocycles. The number of hydrogen-bond donors (Lipinski definition) is 0. The molecule has 7 heteroatoms. The lowest BCUT2D eigenvalue weighted by molar-refractivity contribution is -0.136. The highest BCUT2D eigenvalue weighted by molar-refractivity contribution is 5.97. The van der Waals surface area contributed by atoms with Crippen molar-refractivity contribution in [3.05, 3.63) is 35.1 Å². The van der Waals surface area contributed by atoms with Crippen molar-refractivity contribution in [2.75, 3.05) is 19.6 Å². The Balaban J connectivity index is 2.19. The number of carbonyl (C=O) groups is 2. The summed E-state index contributed by atoms with van der Waals surface area (Å²) in [4.78, 5) is 26.8. The predicted octanol–water partition coefficient (Wildman–Crippen LogP) is 1.80. The van der Waals surface area contributed by atoms with Crippen molar-refractivity contribution in [1.29, 1.82) is 0 Å². The third-order valence-corrected chi connectivity index (χ3v) is 3.43. The van der Waals surface area contributed by atoms with E-state index in [0.717, 1.165) is 11.0 Å². The molecule has 0 radical (unpaired) electrons. The van der Waals surface area contributed by atoms with Gasteiger partial charge in [0.1, 0.15) is 6.54 Å². The molecule has 21 heavy (non-hydrogen) atoms. The number of halogens is 3. The molecule has 1 aliphatic heterocycles. The Morgan fingerprint density at radius 3 is 2.38 bits per heavy atom. The van der Waals surface area contributed by atoms with Gasteiger partial charge in [0.15, 0.2) is 17.5 Å². The van der Waals surface area contributed by atoms with E-state index in [4.69, 9.17) is 0 Å². The van der Waals surface area contributed by atoms with Crippen molar-refractivity contribution in [3.63, 3.8) is 0 Å².